The molecule has 2 rings (SSSR count). The van der Waals surface area contributed by atoms with Crippen LogP contribution >= 0.6 is 0 Å². The van der Waals surface area contributed by atoms with Crippen molar-refractivity contribution in [3.05, 3.63) is 65.7 Å². The molecule has 0 fully saturated rings. The van der Waals surface area contributed by atoms with E-state index in [-0.39, 0.29) is 0 Å². The average Bonchev–Trinajstić information content (AvgIpc) is 2.55. The Morgan fingerprint density at radius 2 is 1.79 bits per heavy atom. The summed E-state index contributed by atoms with van der Waals surface area (Å²) in [5.74, 6) is 0. The van der Waals surface area contributed by atoms with Crippen LogP contribution in [0.25, 0.3) is 5.57 Å². The molecule has 0 spiro atoms. The highest BCUT2D eigenvalue weighted by atomic mass is 32.2. The summed E-state index contributed by atoms with van der Waals surface area (Å²) in [4.78, 5) is 0. The van der Waals surface area contributed by atoms with Gasteiger partial charge in [-0.15, -0.1) is 0 Å². The highest BCUT2D eigenvalue weighted by molar-refractivity contribution is 7.93. The maximum atomic E-state index is 12.1. The summed E-state index contributed by atoms with van der Waals surface area (Å²) in [7, 11) is -3.44. The van der Waals surface area contributed by atoms with Crippen LogP contribution in [-0.2, 0) is 10.0 Å². The molecule has 2 aromatic rings. The average molecular weight is 344 g/mol. The minimum atomic E-state index is -3.44. The Bertz CT molecular complexity index is 826. The van der Waals surface area contributed by atoms with Gasteiger partial charge in [-0.2, -0.15) is 0 Å². The van der Waals surface area contributed by atoms with Crippen molar-refractivity contribution in [1.29, 1.82) is 0 Å². The molecule has 5 heteroatoms. The van der Waals surface area contributed by atoms with Crippen molar-refractivity contribution in [3.8, 4) is 0 Å². The molecule has 2 aromatic carbocycles. The molecule has 0 saturated carbocycles. The minimum absolute atomic E-state index is 0.409. The van der Waals surface area contributed by atoms with Gasteiger partial charge in [0.1, 0.15) is 0 Å². The van der Waals surface area contributed by atoms with Gasteiger partial charge in [-0.3, -0.25) is 4.72 Å². The number of benzene rings is 2. The van der Waals surface area contributed by atoms with Gasteiger partial charge in [0.15, 0.2) is 0 Å². The Hall–Kier alpha value is -2.27. The number of sulfonamides is 1. The first-order chi connectivity index (χ1) is 11.3. The van der Waals surface area contributed by atoms with E-state index in [0.29, 0.717) is 11.4 Å². The van der Waals surface area contributed by atoms with Gasteiger partial charge in [0.05, 0.1) is 16.6 Å². The van der Waals surface area contributed by atoms with Gasteiger partial charge in [0, 0.05) is 0 Å². The second-order valence-corrected chi connectivity index (χ2v) is 8.13. The summed E-state index contributed by atoms with van der Waals surface area (Å²) in [6.07, 6.45) is 3.00. The number of hydrogen-bond donors (Lipinski definition) is 2. The molecule has 0 amide bonds. The molecule has 0 aliphatic carbocycles. The van der Waals surface area contributed by atoms with Crippen LogP contribution < -0.4 is 10.5 Å². The Balaban J connectivity index is 2.48. The third kappa shape index (κ3) is 4.17. The lowest BCUT2D eigenvalue weighted by Gasteiger charge is -2.15. The van der Waals surface area contributed by atoms with Crippen LogP contribution in [-0.4, -0.2) is 13.7 Å². The minimum Gasteiger partial charge on any atom is -0.397 e. The zero-order chi connectivity index (χ0) is 17.7. The summed E-state index contributed by atoms with van der Waals surface area (Å²) in [6, 6.07) is 15.5. The first-order valence-corrected chi connectivity index (χ1v) is 9.57. The molecule has 0 aliphatic rings. The van der Waals surface area contributed by atoms with E-state index in [1.165, 1.54) is 0 Å². The van der Waals surface area contributed by atoms with Crippen LogP contribution in [0.5, 0.6) is 0 Å². The van der Waals surface area contributed by atoms with Crippen molar-refractivity contribution >= 4 is 27.0 Å². The van der Waals surface area contributed by atoms with Crippen LogP contribution in [0, 0.1) is 0 Å². The summed E-state index contributed by atoms with van der Waals surface area (Å²) in [6.45, 7) is 5.34. The number of anilines is 2. The predicted octanol–water partition coefficient (Wildman–Crippen LogP) is 4.26. The molecular formula is C19H24N2O2S. The van der Waals surface area contributed by atoms with E-state index < -0.39 is 15.3 Å². The molecule has 0 aliphatic heterocycles. The van der Waals surface area contributed by atoms with Gasteiger partial charge in [-0.25, -0.2) is 8.42 Å². The Kier molecular flexibility index (Phi) is 5.67. The van der Waals surface area contributed by atoms with Gasteiger partial charge in [-0.1, -0.05) is 49.4 Å². The molecule has 3 N–H and O–H groups in total. The fraction of sp³-hybridized carbons (Fsp3) is 0.263. The van der Waals surface area contributed by atoms with Gasteiger partial charge in [0.25, 0.3) is 0 Å². The van der Waals surface area contributed by atoms with E-state index in [1.54, 1.807) is 26.0 Å². The Labute approximate surface area is 144 Å². The molecule has 4 nitrogen and oxygen atoms in total. The number of nitrogen functional groups attached to an aromatic ring is 1. The van der Waals surface area contributed by atoms with Crippen LogP contribution in [0.1, 0.15) is 38.3 Å². The molecule has 0 atom stereocenters. The topological polar surface area (TPSA) is 72.2 Å². The van der Waals surface area contributed by atoms with Crippen molar-refractivity contribution in [1.82, 2.24) is 0 Å². The smallest absolute Gasteiger partial charge is 0.235 e. The molecule has 0 saturated heterocycles. The third-order valence-electron chi connectivity index (χ3n) is 3.73. The summed E-state index contributed by atoms with van der Waals surface area (Å²) in [5.41, 5.74) is 9.86. The van der Waals surface area contributed by atoms with E-state index in [0.717, 1.165) is 23.1 Å². The first kappa shape index (κ1) is 18.1. The highest BCUT2D eigenvalue weighted by Crippen LogP contribution is 2.30. The van der Waals surface area contributed by atoms with E-state index in [9.17, 15) is 8.42 Å². The number of rotatable bonds is 6. The van der Waals surface area contributed by atoms with Crippen LogP contribution in [0.2, 0.25) is 0 Å². The van der Waals surface area contributed by atoms with Crippen LogP contribution in [0.15, 0.2) is 54.6 Å². The normalized spacial score (nSPS) is 12.4. The SMILES string of the molecule is CC/C=C(\c1ccccc1)c1ccc(N)c(NS(=O)(=O)C(C)C)c1. The number of nitrogens with one attached hydrogen (secondary N) is 1. The molecule has 24 heavy (non-hydrogen) atoms. The maximum absolute atomic E-state index is 12.1. The Morgan fingerprint density at radius 1 is 1.12 bits per heavy atom. The van der Waals surface area contributed by atoms with Gasteiger partial charge in [0.2, 0.25) is 10.0 Å². The molecular weight excluding hydrogens is 320 g/mol. The van der Waals surface area contributed by atoms with Crippen LogP contribution in [0.3, 0.4) is 0 Å². The van der Waals surface area contributed by atoms with Gasteiger partial charge >= 0.3 is 0 Å². The lowest BCUT2D eigenvalue weighted by Crippen LogP contribution is -2.23. The zero-order valence-electron chi connectivity index (χ0n) is 14.3. The zero-order valence-corrected chi connectivity index (χ0v) is 15.1. The molecule has 0 bridgehead atoms. The largest absolute Gasteiger partial charge is 0.397 e. The Morgan fingerprint density at radius 3 is 2.38 bits per heavy atom. The highest BCUT2D eigenvalue weighted by Gasteiger charge is 2.17. The quantitative estimate of drug-likeness (QED) is 0.769. The number of nitrogens with two attached hydrogens (primary N) is 1. The molecule has 128 valence electrons. The maximum Gasteiger partial charge on any atom is 0.235 e. The van der Waals surface area contributed by atoms with E-state index in [1.807, 2.05) is 36.4 Å². The summed E-state index contributed by atoms with van der Waals surface area (Å²) < 4.78 is 26.9. The summed E-state index contributed by atoms with van der Waals surface area (Å²) in [5, 5.41) is -0.527. The van der Waals surface area contributed by atoms with Gasteiger partial charge < -0.3 is 5.73 Å². The molecule has 0 unspecified atom stereocenters. The van der Waals surface area contributed by atoms with Crippen molar-refractivity contribution in [2.24, 2.45) is 0 Å². The second kappa shape index (κ2) is 7.53. The van der Waals surface area contributed by atoms with Crippen molar-refractivity contribution < 1.29 is 8.42 Å². The molecule has 0 radical (unpaired) electrons. The van der Waals surface area contributed by atoms with E-state index >= 15 is 0 Å². The monoisotopic (exact) mass is 344 g/mol. The fourth-order valence-electron chi connectivity index (χ4n) is 2.31. The summed E-state index contributed by atoms with van der Waals surface area (Å²) >= 11 is 0. The van der Waals surface area contributed by atoms with Crippen molar-refractivity contribution in [2.45, 2.75) is 32.4 Å². The predicted molar refractivity (Wildman–Crippen MR) is 102 cm³/mol. The number of hydrogen-bond acceptors (Lipinski definition) is 3. The first-order valence-electron chi connectivity index (χ1n) is 8.02. The van der Waals surface area contributed by atoms with Crippen molar-refractivity contribution in [2.75, 3.05) is 10.5 Å². The van der Waals surface area contributed by atoms with E-state index in [2.05, 4.69) is 17.7 Å². The van der Waals surface area contributed by atoms with Crippen molar-refractivity contribution in [3.63, 3.8) is 0 Å². The fourth-order valence-corrected chi connectivity index (χ4v) is 3.03. The molecule has 0 heterocycles. The molecule has 0 aromatic heterocycles. The van der Waals surface area contributed by atoms with Gasteiger partial charge in [-0.05, 0) is 49.1 Å². The van der Waals surface area contributed by atoms with E-state index in [4.69, 9.17) is 5.73 Å². The number of allylic oxidation sites excluding steroid dienone is 1. The second-order valence-electron chi connectivity index (χ2n) is 5.89. The third-order valence-corrected chi connectivity index (χ3v) is 5.48. The standard InChI is InChI=1S/C19H24N2O2S/c1-4-8-17(15-9-6-5-7-10-15)16-11-12-18(20)19(13-16)21-24(22,23)14(2)3/h5-14,21H,4,20H2,1-3H3/b17-8+. The lowest BCUT2D eigenvalue weighted by atomic mass is 9.96. The lowest BCUT2D eigenvalue weighted by molar-refractivity contribution is 0.593. The van der Waals surface area contributed by atoms with Crippen LogP contribution in [0.4, 0.5) is 11.4 Å².